The molecule has 5 heterocycles. The molecule has 272 valence electrons. The standard InChI is InChI=1S/C42H43ClN6O4/c1-26(50)48-22-41(23-48)16-28(17-41)14-30-10-11-36(46-40(30)53-4)33-7-5-6-32(35(33)18-44)34-12-13-45-39(38(34)43)29-8-9-31(37(15-29)52-3)19-47-20-42(21-47)24-49(25-42)27(2)51/h5-13,15,28H,14,16-17,19-25H2,1-4H3. The van der Waals surface area contributed by atoms with Crippen LogP contribution in [-0.4, -0.2) is 90.0 Å². The fraction of sp³-hybridized carbons (Fsp3) is 0.405. The minimum atomic E-state index is 0.147. The normalized spacial score (nSPS) is 18.4. The van der Waals surface area contributed by atoms with Crippen LogP contribution in [0.3, 0.4) is 0 Å². The number of hydrogen-bond acceptors (Lipinski definition) is 8. The highest BCUT2D eigenvalue weighted by Gasteiger charge is 2.53. The summed E-state index contributed by atoms with van der Waals surface area (Å²) in [6.45, 7) is 9.38. The molecule has 2 amide bonds. The minimum Gasteiger partial charge on any atom is -0.496 e. The number of carbonyl (C=O) groups excluding carboxylic acids is 2. The van der Waals surface area contributed by atoms with Gasteiger partial charge in [0.05, 0.1) is 36.2 Å². The Morgan fingerprint density at radius 3 is 2.21 bits per heavy atom. The Balaban J connectivity index is 1.00. The van der Waals surface area contributed by atoms with Gasteiger partial charge in [0, 0.05) is 110 Å². The molecule has 11 heteroatoms. The molecule has 0 radical (unpaired) electrons. The maximum Gasteiger partial charge on any atom is 0.219 e. The first kappa shape index (κ1) is 35.1. The molecule has 1 aliphatic carbocycles. The maximum absolute atomic E-state index is 11.7. The van der Waals surface area contributed by atoms with E-state index in [0.717, 1.165) is 87.5 Å². The van der Waals surface area contributed by atoms with Crippen molar-refractivity contribution in [2.75, 3.05) is 53.5 Å². The molecule has 4 aromatic rings. The molecule has 8 rings (SSSR count). The molecule has 2 aromatic heterocycles. The van der Waals surface area contributed by atoms with Crippen LogP contribution >= 0.6 is 11.6 Å². The number of likely N-dealkylation sites (tertiary alicyclic amines) is 3. The van der Waals surface area contributed by atoms with Crippen LogP contribution in [0.25, 0.3) is 33.6 Å². The van der Waals surface area contributed by atoms with E-state index in [9.17, 15) is 14.9 Å². The third kappa shape index (κ3) is 6.30. The molecule has 3 saturated heterocycles. The monoisotopic (exact) mass is 730 g/mol. The molecule has 4 fully saturated rings. The average Bonchev–Trinajstić information content (AvgIpc) is 3.08. The van der Waals surface area contributed by atoms with Crippen LogP contribution in [0.2, 0.25) is 5.02 Å². The number of halogens is 1. The molecular formula is C42H43ClN6O4. The van der Waals surface area contributed by atoms with Crippen molar-refractivity contribution in [1.29, 1.82) is 5.26 Å². The number of aromatic nitrogens is 2. The van der Waals surface area contributed by atoms with Crippen LogP contribution in [0.4, 0.5) is 0 Å². The molecule has 2 aromatic carbocycles. The predicted octanol–water partition coefficient (Wildman–Crippen LogP) is 6.48. The Bertz CT molecular complexity index is 2150. The number of hydrogen-bond donors (Lipinski definition) is 0. The molecule has 53 heavy (non-hydrogen) atoms. The first-order valence-corrected chi connectivity index (χ1v) is 18.5. The average molecular weight is 731 g/mol. The van der Waals surface area contributed by atoms with Gasteiger partial charge in [-0.2, -0.15) is 5.26 Å². The van der Waals surface area contributed by atoms with E-state index in [2.05, 4.69) is 28.1 Å². The van der Waals surface area contributed by atoms with Crippen molar-refractivity contribution in [3.05, 3.63) is 82.5 Å². The van der Waals surface area contributed by atoms with E-state index in [4.69, 9.17) is 26.1 Å². The molecular weight excluding hydrogens is 688 g/mol. The van der Waals surface area contributed by atoms with Gasteiger partial charge in [0.25, 0.3) is 0 Å². The van der Waals surface area contributed by atoms with Crippen LogP contribution in [0.1, 0.15) is 43.4 Å². The molecule has 0 atom stereocenters. The third-order valence-corrected chi connectivity index (χ3v) is 12.2. The summed E-state index contributed by atoms with van der Waals surface area (Å²) in [5.41, 5.74) is 7.27. The number of ether oxygens (including phenoxy) is 2. The number of rotatable bonds is 9. The summed E-state index contributed by atoms with van der Waals surface area (Å²) in [7, 11) is 3.31. The van der Waals surface area contributed by atoms with Gasteiger partial charge in [-0.25, -0.2) is 4.98 Å². The highest BCUT2D eigenvalue weighted by molar-refractivity contribution is 6.35. The van der Waals surface area contributed by atoms with Gasteiger partial charge >= 0.3 is 0 Å². The number of nitriles is 1. The van der Waals surface area contributed by atoms with E-state index < -0.39 is 0 Å². The smallest absolute Gasteiger partial charge is 0.219 e. The summed E-state index contributed by atoms with van der Waals surface area (Å²) in [4.78, 5) is 39.1. The zero-order valence-electron chi connectivity index (χ0n) is 30.6. The van der Waals surface area contributed by atoms with Gasteiger partial charge in [-0.1, -0.05) is 48.0 Å². The quantitative estimate of drug-likeness (QED) is 0.192. The highest BCUT2D eigenvalue weighted by atomic mass is 35.5. The molecule has 2 spiro atoms. The van der Waals surface area contributed by atoms with Crippen molar-refractivity contribution in [2.24, 2.45) is 16.7 Å². The van der Waals surface area contributed by atoms with Crippen LogP contribution in [0.15, 0.2) is 60.8 Å². The van der Waals surface area contributed by atoms with Crippen LogP contribution in [0, 0.1) is 28.1 Å². The second kappa shape index (κ2) is 13.5. The Morgan fingerprint density at radius 1 is 0.868 bits per heavy atom. The SMILES string of the molecule is COc1cc(-c2nccc(-c3cccc(-c4ccc(CC5CC6(C5)CN(C(C)=O)C6)c(OC)n4)c3C#N)c2Cl)ccc1CN1CC2(C1)CN(C(C)=O)C2. The van der Waals surface area contributed by atoms with Crippen LogP contribution < -0.4 is 9.47 Å². The summed E-state index contributed by atoms with van der Waals surface area (Å²) in [6.07, 6.45) is 4.80. The molecule has 0 bridgehead atoms. The van der Waals surface area contributed by atoms with Gasteiger partial charge in [0.2, 0.25) is 17.7 Å². The number of methoxy groups -OCH3 is 2. The minimum absolute atomic E-state index is 0.147. The maximum atomic E-state index is 11.7. The first-order valence-electron chi connectivity index (χ1n) is 18.2. The van der Waals surface area contributed by atoms with Gasteiger partial charge in [-0.05, 0) is 43.4 Å². The lowest BCUT2D eigenvalue weighted by atomic mass is 9.56. The molecule has 10 nitrogen and oxygen atoms in total. The van der Waals surface area contributed by atoms with Gasteiger partial charge < -0.3 is 19.3 Å². The number of benzene rings is 2. The summed E-state index contributed by atoms with van der Waals surface area (Å²) >= 11 is 7.13. The van der Waals surface area contributed by atoms with E-state index >= 15 is 0 Å². The molecule has 3 aliphatic heterocycles. The van der Waals surface area contributed by atoms with Gasteiger partial charge in [-0.15, -0.1) is 0 Å². The molecule has 1 saturated carbocycles. The van der Waals surface area contributed by atoms with E-state index in [-0.39, 0.29) is 17.2 Å². The second-order valence-electron chi connectivity index (χ2n) is 15.6. The van der Waals surface area contributed by atoms with Crippen molar-refractivity contribution in [1.82, 2.24) is 24.7 Å². The topological polar surface area (TPSA) is 112 Å². The Kier molecular flexibility index (Phi) is 8.91. The molecule has 0 unspecified atom stereocenters. The van der Waals surface area contributed by atoms with Gasteiger partial charge in [0.1, 0.15) is 11.8 Å². The predicted molar refractivity (Wildman–Crippen MR) is 202 cm³/mol. The summed E-state index contributed by atoms with van der Waals surface area (Å²) in [5.74, 6) is 2.16. The highest BCUT2D eigenvalue weighted by Crippen LogP contribution is 2.53. The van der Waals surface area contributed by atoms with Crippen molar-refractivity contribution < 1.29 is 19.1 Å². The fourth-order valence-corrected chi connectivity index (χ4v) is 9.57. The van der Waals surface area contributed by atoms with E-state index in [1.165, 1.54) is 0 Å². The van der Waals surface area contributed by atoms with Crippen molar-refractivity contribution in [3.63, 3.8) is 0 Å². The number of amides is 2. The lowest BCUT2D eigenvalue weighted by Gasteiger charge is -2.60. The van der Waals surface area contributed by atoms with E-state index in [0.29, 0.717) is 55.9 Å². The number of nitrogens with zero attached hydrogens (tertiary/aromatic N) is 6. The van der Waals surface area contributed by atoms with E-state index in [1.807, 2.05) is 52.3 Å². The van der Waals surface area contributed by atoms with Gasteiger partial charge in [0.15, 0.2) is 0 Å². The van der Waals surface area contributed by atoms with Crippen molar-refractivity contribution in [2.45, 2.75) is 39.7 Å². The number of carbonyl (C=O) groups is 2. The first-order chi connectivity index (χ1) is 25.5. The zero-order chi connectivity index (χ0) is 37.1. The Labute approximate surface area is 315 Å². The summed E-state index contributed by atoms with van der Waals surface area (Å²) in [5, 5.41) is 11.0. The number of pyridine rings is 2. The second-order valence-corrected chi connectivity index (χ2v) is 16.0. The Morgan fingerprint density at radius 2 is 1.55 bits per heavy atom. The van der Waals surface area contributed by atoms with Crippen LogP contribution in [-0.2, 0) is 22.6 Å². The fourth-order valence-electron chi connectivity index (χ4n) is 9.24. The van der Waals surface area contributed by atoms with Gasteiger partial charge in [-0.3, -0.25) is 19.5 Å². The van der Waals surface area contributed by atoms with Crippen molar-refractivity contribution >= 4 is 23.4 Å². The third-order valence-electron chi connectivity index (χ3n) is 11.8. The zero-order valence-corrected chi connectivity index (χ0v) is 31.4. The summed E-state index contributed by atoms with van der Waals surface area (Å²) in [6, 6.07) is 20.1. The van der Waals surface area contributed by atoms with Crippen molar-refractivity contribution in [3.8, 4) is 51.3 Å². The lowest BCUT2D eigenvalue weighted by Crippen LogP contribution is -2.72. The Hall–Kier alpha value is -4.98. The largest absolute Gasteiger partial charge is 0.496 e. The molecule has 4 aliphatic rings. The lowest BCUT2D eigenvalue weighted by molar-refractivity contribution is -0.157. The van der Waals surface area contributed by atoms with Crippen LogP contribution in [0.5, 0.6) is 11.6 Å². The summed E-state index contributed by atoms with van der Waals surface area (Å²) < 4.78 is 11.6. The molecule has 0 N–H and O–H groups in total. The van der Waals surface area contributed by atoms with E-state index in [1.54, 1.807) is 34.3 Å².